The number of aromatic nitrogens is 4. The molecule has 2 aromatic rings. The summed E-state index contributed by atoms with van der Waals surface area (Å²) in [7, 11) is 1.98. The van der Waals surface area contributed by atoms with Crippen molar-refractivity contribution in [2.45, 2.75) is 40.2 Å². The van der Waals surface area contributed by atoms with E-state index in [9.17, 15) is 0 Å². The van der Waals surface area contributed by atoms with Crippen LogP contribution in [0.2, 0.25) is 0 Å². The summed E-state index contributed by atoms with van der Waals surface area (Å²) in [5, 5.41) is 9.17. The molecule has 20 heavy (non-hydrogen) atoms. The van der Waals surface area contributed by atoms with E-state index in [1.807, 2.05) is 23.3 Å². The molecule has 0 unspecified atom stereocenters. The Morgan fingerprint density at radius 3 is 2.50 bits per heavy atom. The minimum atomic E-state index is 0.656. The van der Waals surface area contributed by atoms with Gasteiger partial charge in [-0.05, 0) is 54.7 Å². The number of nitrogens with zero attached hydrogens (tertiary/aromatic N) is 4. The Hall–Kier alpha value is -1.14. The number of halogens is 1. The fraction of sp³-hybridized carbons (Fsp3) is 0.571. The Kier molecular flexibility index (Phi) is 4.65. The van der Waals surface area contributed by atoms with Crippen LogP contribution in [0.4, 0.5) is 0 Å². The normalized spacial score (nSPS) is 11.3. The molecule has 0 saturated heterocycles. The molecule has 0 aliphatic heterocycles. The van der Waals surface area contributed by atoms with Gasteiger partial charge in [0.2, 0.25) is 0 Å². The Bertz CT molecular complexity index is 612. The maximum Gasteiger partial charge on any atom is 0.0842 e. The van der Waals surface area contributed by atoms with Gasteiger partial charge in [0, 0.05) is 12.7 Å². The summed E-state index contributed by atoms with van der Waals surface area (Å²) in [6, 6.07) is 0. The van der Waals surface area contributed by atoms with E-state index >= 15 is 0 Å². The number of hydrogen-bond donors (Lipinski definition) is 1. The molecule has 2 aromatic heterocycles. The van der Waals surface area contributed by atoms with E-state index in [1.165, 1.54) is 11.3 Å². The third-order valence-corrected chi connectivity index (χ3v) is 4.64. The first-order valence-electron chi connectivity index (χ1n) is 6.92. The molecule has 5 nitrogen and oxygen atoms in total. The van der Waals surface area contributed by atoms with Crippen molar-refractivity contribution in [1.29, 1.82) is 0 Å². The van der Waals surface area contributed by atoms with E-state index in [0.29, 0.717) is 6.54 Å². The first kappa shape index (κ1) is 15.3. The summed E-state index contributed by atoms with van der Waals surface area (Å²) in [5.74, 6) is 0. The van der Waals surface area contributed by atoms with Crippen LogP contribution in [0, 0.1) is 13.8 Å². The zero-order valence-corrected chi connectivity index (χ0v) is 14.2. The van der Waals surface area contributed by atoms with Crippen LogP contribution in [0.3, 0.4) is 0 Å². The van der Waals surface area contributed by atoms with Gasteiger partial charge in [-0.25, -0.2) is 0 Å². The number of rotatable bonds is 5. The lowest BCUT2D eigenvalue weighted by molar-refractivity contribution is 0.601. The van der Waals surface area contributed by atoms with E-state index in [4.69, 9.17) is 5.73 Å². The molecule has 0 amide bonds. The monoisotopic (exact) mass is 339 g/mol. The Morgan fingerprint density at radius 1 is 1.25 bits per heavy atom. The molecule has 0 aliphatic rings. The van der Waals surface area contributed by atoms with Crippen molar-refractivity contribution in [2.24, 2.45) is 12.8 Å². The number of aryl methyl sites for hydroxylation is 3. The van der Waals surface area contributed by atoms with Gasteiger partial charge in [-0.2, -0.15) is 10.2 Å². The number of nitrogens with two attached hydrogens (primary N) is 1. The standard InChI is InChI=1S/C14H22BrN5/c1-5-12-14(15)13(19(4)18-12)8-20-10(3)11(6-7-16)9(2)17-20/h5-8,16H2,1-4H3. The predicted octanol–water partition coefficient (Wildman–Crippen LogP) is 2.11. The Morgan fingerprint density at radius 2 is 1.95 bits per heavy atom. The lowest BCUT2D eigenvalue weighted by Gasteiger charge is -2.06. The molecule has 0 aromatic carbocycles. The molecule has 0 fully saturated rings. The first-order valence-corrected chi connectivity index (χ1v) is 7.72. The molecule has 0 bridgehead atoms. The van der Waals surface area contributed by atoms with Crippen LogP contribution >= 0.6 is 15.9 Å². The second-order valence-corrected chi connectivity index (χ2v) is 5.82. The van der Waals surface area contributed by atoms with Gasteiger partial charge in [0.25, 0.3) is 0 Å². The zero-order valence-electron chi connectivity index (χ0n) is 12.6. The average Bonchev–Trinajstić information content (AvgIpc) is 2.83. The summed E-state index contributed by atoms with van der Waals surface area (Å²) >= 11 is 3.66. The van der Waals surface area contributed by atoms with E-state index in [0.717, 1.165) is 40.9 Å². The maximum atomic E-state index is 5.67. The lowest BCUT2D eigenvalue weighted by Crippen LogP contribution is -2.10. The topological polar surface area (TPSA) is 61.7 Å². The van der Waals surface area contributed by atoms with Crippen LogP contribution in [0.25, 0.3) is 0 Å². The van der Waals surface area contributed by atoms with Gasteiger partial charge < -0.3 is 5.73 Å². The zero-order chi connectivity index (χ0) is 14.9. The summed E-state index contributed by atoms with van der Waals surface area (Å²) in [6.45, 7) is 7.64. The fourth-order valence-corrected chi connectivity index (χ4v) is 3.27. The lowest BCUT2D eigenvalue weighted by atomic mass is 10.1. The van der Waals surface area contributed by atoms with E-state index in [-0.39, 0.29) is 0 Å². The molecule has 0 aliphatic carbocycles. The molecule has 0 atom stereocenters. The van der Waals surface area contributed by atoms with Crippen molar-refractivity contribution in [1.82, 2.24) is 19.6 Å². The van der Waals surface area contributed by atoms with E-state index in [1.54, 1.807) is 0 Å². The molecule has 0 spiro atoms. The highest BCUT2D eigenvalue weighted by atomic mass is 79.9. The molecule has 0 radical (unpaired) electrons. The SMILES string of the molecule is CCc1nn(C)c(Cn2nc(C)c(CCN)c2C)c1Br. The van der Waals surface area contributed by atoms with E-state index in [2.05, 4.69) is 40.0 Å². The smallest absolute Gasteiger partial charge is 0.0842 e. The number of hydrogen-bond acceptors (Lipinski definition) is 3. The van der Waals surface area contributed by atoms with Crippen molar-refractivity contribution >= 4 is 15.9 Å². The van der Waals surface area contributed by atoms with Crippen LogP contribution in [0.15, 0.2) is 4.47 Å². The van der Waals surface area contributed by atoms with Gasteiger partial charge in [-0.15, -0.1) is 0 Å². The second kappa shape index (κ2) is 6.10. The quantitative estimate of drug-likeness (QED) is 0.907. The molecule has 0 saturated carbocycles. The molecule has 2 N–H and O–H groups in total. The Labute approximate surface area is 128 Å². The molecule has 6 heteroatoms. The summed E-state index contributed by atoms with van der Waals surface area (Å²) in [5.41, 5.74) is 11.4. The van der Waals surface area contributed by atoms with E-state index < -0.39 is 0 Å². The van der Waals surface area contributed by atoms with Gasteiger partial charge in [-0.3, -0.25) is 9.36 Å². The van der Waals surface area contributed by atoms with Crippen molar-refractivity contribution in [2.75, 3.05) is 6.54 Å². The molecular weight excluding hydrogens is 318 g/mol. The predicted molar refractivity (Wildman–Crippen MR) is 83.8 cm³/mol. The summed E-state index contributed by atoms with van der Waals surface area (Å²) in [6.07, 6.45) is 1.80. The second-order valence-electron chi connectivity index (χ2n) is 5.03. The van der Waals surface area contributed by atoms with Crippen molar-refractivity contribution in [3.63, 3.8) is 0 Å². The first-order chi connectivity index (χ1) is 9.49. The van der Waals surface area contributed by atoms with Gasteiger partial charge in [-0.1, -0.05) is 6.92 Å². The van der Waals surface area contributed by atoms with Crippen LogP contribution in [-0.2, 0) is 26.4 Å². The van der Waals surface area contributed by atoms with Crippen LogP contribution in [-0.4, -0.2) is 26.1 Å². The van der Waals surface area contributed by atoms with Crippen molar-refractivity contribution in [3.8, 4) is 0 Å². The largest absolute Gasteiger partial charge is 0.330 e. The molecule has 2 rings (SSSR count). The molecule has 110 valence electrons. The van der Waals surface area contributed by atoms with Crippen molar-refractivity contribution in [3.05, 3.63) is 32.8 Å². The minimum absolute atomic E-state index is 0.656. The summed E-state index contributed by atoms with van der Waals surface area (Å²) < 4.78 is 5.07. The maximum absolute atomic E-state index is 5.67. The van der Waals surface area contributed by atoms with Gasteiger partial charge >= 0.3 is 0 Å². The highest BCUT2D eigenvalue weighted by Gasteiger charge is 2.16. The Balaban J connectivity index is 2.36. The highest BCUT2D eigenvalue weighted by Crippen LogP contribution is 2.23. The minimum Gasteiger partial charge on any atom is -0.330 e. The van der Waals surface area contributed by atoms with Crippen LogP contribution < -0.4 is 5.73 Å². The third kappa shape index (κ3) is 2.67. The van der Waals surface area contributed by atoms with Crippen LogP contribution in [0.5, 0.6) is 0 Å². The van der Waals surface area contributed by atoms with Gasteiger partial charge in [0.1, 0.15) is 0 Å². The van der Waals surface area contributed by atoms with Crippen molar-refractivity contribution < 1.29 is 0 Å². The molecule has 2 heterocycles. The van der Waals surface area contributed by atoms with Gasteiger partial charge in [0.15, 0.2) is 0 Å². The summed E-state index contributed by atoms with van der Waals surface area (Å²) in [4.78, 5) is 0. The highest BCUT2D eigenvalue weighted by molar-refractivity contribution is 9.10. The fourth-order valence-electron chi connectivity index (χ4n) is 2.53. The third-order valence-electron chi connectivity index (χ3n) is 3.73. The molecular formula is C14H22BrN5. The van der Waals surface area contributed by atoms with Gasteiger partial charge in [0.05, 0.1) is 28.1 Å². The van der Waals surface area contributed by atoms with Crippen LogP contribution in [0.1, 0.15) is 35.3 Å². The average molecular weight is 340 g/mol.